The summed E-state index contributed by atoms with van der Waals surface area (Å²) in [5, 5.41) is 9.07. The fourth-order valence-electron chi connectivity index (χ4n) is 3.14. The van der Waals surface area contributed by atoms with E-state index in [1.807, 2.05) is 4.90 Å². The van der Waals surface area contributed by atoms with Gasteiger partial charge in [0.2, 0.25) is 0 Å². The van der Waals surface area contributed by atoms with Gasteiger partial charge in [-0.1, -0.05) is 42.0 Å². The van der Waals surface area contributed by atoms with Crippen LogP contribution in [0.1, 0.15) is 16.7 Å². The molecule has 3 rings (SSSR count). The van der Waals surface area contributed by atoms with Gasteiger partial charge in [-0.3, -0.25) is 9.69 Å². The van der Waals surface area contributed by atoms with Gasteiger partial charge in [-0.2, -0.15) is 5.26 Å². The molecular weight excluding hydrogens is 326 g/mol. The van der Waals surface area contributed by atoms with Crippen molar-refractivity contribution in [3.8, 4) is 11.8 Å². The van der Waals surface area contributed by atoms with Crippen LogP contribution in [0.4, 0.5) is 0 Å². The Balaban J connectivity index is 1.47. The lowest BCUT2D eigenvalue weighted by Gasteiger charge is -2.34. The molecular formula is C21H23N3O2. The van der Waals surface area contributed by atoms with Gasteiger partial charge in [0.05, 0.1) is 5.56 Å². The van der Waals surface area contributed by atoms with Crippen molar-refractivity contribution in [1.29, 1.82) is 5.26 Å². The molecule has 26 heavy (non-hydrogen) atoms. The molecule has 5 heteroatoms. The molecule has 2 aromatic carbocycles. The van der Waals surface area contributed by atoms with Crippen molar-refractivity contribution in [2.75, 3.05) is 32.8 Å². The zero-order valence-corrected chi connectivity index (χ0v) is 15.0. The van der Waals surface area contributed by atoms with Crippen LogP contribution in [0.25, 0.3) is 0 Å². The van der Waals surface area contributed by atoms with Crippen molar-refractivity contribution in [2.24, 2.45) is 0 Å². The highest BCUT2D eigenvalue weighted by molar-refractivity contribution is 5.78. The van der Waals surface area contributed by atoms with E-state index in [0.29, 0.717) is 24.4 Å². The van der Waals surface area contributed by atoms with Crippen LogP contribution in [0.2, 0.25) is 0 Å². The van der Waals surface area contributed by atoms with Crippen LogP contribution in [-0.2, 0) is 11.3 Å². The fraction of sp³-hybridized carbons (Fsp3) is 0.333. The summed E-state index contributed by atoms with van der Waals surface area (Å²) < 4.78 is 5.55. The summed E-state index contributed by atoms with van der Waals surface area (Å²) in [6.45, 7) is 6.10. The van der Waals surface area contributed by atoms with E-state index in [4.69, 9.17) is 10.00 Å². The molecule has 0 spiro atoms. The number of hydrogen-bond donors (Lipinski definition) is 0. The van der Waals surface area contributed by atoms with Gasteiger partial charge < -0.3 is 9.64 Å². The highest BCUT2D eigenvalue weighted by Crippen LogP contribution is 2.17. The maximum absolute atomic E-state index is 12.4. The van der Waals surface area contributed by atoms with Gasteiger partial charge >= 0.3 is 0 Å². The first kappa shape index (κ1) is 18.0. The van der Waals surface area contributed by atoms with Crippen LogP contribution < -0.4 is 4.74 Å². The van der Waals surface area contributed by atoms with Crippen LogP contribution in [0, 0.1) is 18.3 Å². The van der Waals surface area contributed by atoms with Gasteiger partial charge in [-0.05, 0) is 24.6 Å². The zero-order valence-electron chi connectivity index (χ0n) is 15.0. The van der Waals surface area contributed by atoms with E-state index in [0.717, 1.165) is 19.6 Å². The molecule has 0 aromatic heterocycles. The Kier molecular flexibility index (Phi) is 5.88. The van der Waals surface area contributed by atoms with Gasteiger partial charge in [-0.25, -0.2) is 0 Å². The molecule has 1 fully saturated rings. The first-order chi connectivity index (χ1) is 12.7. The topological polar surface area (TPSA) is 56.6 Å². The molecule has 0 saturated carbocycles. The number of para-hydroxylation sites is 1. The summed E-state index contributed by atoms with van der Waals surface area (Å²) in [6.07, 6.45) is 0. The van der Waals surface area contributed by atoms with Crippen LogP contribution in [0.5, 0.6) is 5.75 Å². The third kappa shape index (κ3) is 4.62. The number of carbonyl (C=O) groups excluding carboxylic acids is 1. The van der Waals surface area contributed by atoms with Gasteiger partial charge in [0.15, 0.2) is 6.61 Å². The number of hydrogen-bond acceptors (Lipinski definition) is 4. The van der Waals surface area contributed by atoms with E-state index in [2.05, 4.69) is 42.2 Å². The number of nitriles is 1. The minimum Gasteiger partial charge on any atom is -0.482 e. The van der Waals surface area contributed by atoms with E-state index < -0.39 is 0 Å². The lowest BCUT2D eigenvalue weighted by molar-refractivity contribution is -0.135. The minimum absolute atomic E-state index is 0.0312. The second-order valence-electron chi connectivity index (χ2n) is 6.54. The molecule has 0 radical (unpaired) electrons. The number of piperazine rings is 1. The third-order valence-electron chi connectivity index (χ3n) is 4.57. The fourth-order valence-corrected chi connectivity index (χ4v) is 3.14. The van der Waals surface area contributed by atoms with Crippen LogP contribution in [0.15, 0.2) is 48.5 Å². The molecule has 1 aliphatic heterocycles. The molecule has 0 unspecified atom stereocenters. The SMILES string of the molecule is Cc1cccc(CN2CCN(C(=O)COc3ccccc3C#N)CC2)c1. The van der Waals surface area contributed by atoms with Crippen LogP contribution in [0.3, 0.4) is 0 Å². The molecule has 5 nitrogen and oxygen atoms in total. The minimum atomic E-state index is -0.0343. The Labute approximate surface area is 154 Å². The number of aryl methyl sites for hydroxylation is 1. The Morgan fingerprint density at radius 1 is 1.12 bits per heavy atom. The molecule has 0 bridgehead atoms. The first-order valence-electron chi connectivity index (χ1n) is 8.83. The Morgan fingerprint density at radius 2 is 1.88 bits per heavy atom. The van der Waals surface area contributed by atoms with E-state index >= 15 is 0 Å². The molecule has 1 heterocycles. The average molecular weight is 349 g/mol. The Morgan fingerprint density at radius 3 is 2.62 bits per heavy atom. The second kappa shape index (κ2) is 8.50. The standard InChI is InChI=1S/C21H23N3O2/c1-17-5-4-6-18(13-17)15-23-9-11-24(12-10-23)21(25)16-26-20-8-3-2-7-19(20)14-22/h2-8,13H,9-12,15-16H2,1H3. The number of rotatable bonds is 5. The molecule has 1 aliphatic rings. The van der Waals surface area contributed by atoms with Crippen molar-refractivity contribution in [1.82, 2.24) is 9.80 Å². The summed E-state index contributed by atoms with van der Waals surface area (Å²) >= 11 is 0. The number of carbonyl (C=O) groups is 1. The normalized spacial score (nSPS) is 14.7. The highest BCUT2D eigenvalue weighted by atomic mass is 16.5. The van der Waals surface area contributed by atoms with E-state index in [1.165, 1.54) is 11.1 Å². The molecule has 0 N–H and O–H groups in total. The predicted molar refractivity (Wildman–Crippen MR) is 99.7 cm³/mol. The largest absolute Gasteiger partial charge is 0.482 e. The smallest absolute Gasteiger partial charge is 0.260 e. The monoisotopic (exact) mass is 349 g/mol. The van der Waals surface area contributed by atoms with Crippen LogP contribution in [-0.4, -0.2) is 48.5 Å². The third-order valence-corrected chi connectivity index (χ3v) is 4.57. The molecule has 134 valence electrons. The Hall–Kier alpha value is -2.84. The van der Waals surface area contributed by atoms with Crippen molar-refractivity contribution in [2.45, 2.75) is 13.5 Å². The average Bonchev–Trinajstić information content (AvgIpc) is 2.67. The van der Waals surface area contributed by atoms with E-state index in [1.54, 1.807) is 24.3 Å². The van der Waals surface area contributed by atoms with E-state index in [9.17, 15) is 4.79 Å². The summed E-state index contributed by atoms with van der Waals surface area (Å²) in [5.41, 5.74) is 3.02. The van der Waals surface area contributed by atoms with Gasteiger partial charge in [0, 0.05) is 32.7 Å². The maximum Gasteiger partial charge on any atom is 0.260 e. The summed E-state index contributed by atoms with van der Waals surface area (Å²) in [7, 11) is 0. The summed E-state index contributed by atoms with van der Waals surface area (Å²) in [5.74, 6) is 0.425. The number of nitrogens with zero attached hydrogens (tertiary/aromatic N) is 3. The van der Waals surface area contributed by atoms with Gasteiger partial charge in [-0.15, -0.1) is 0 Å². The molecule has 0 atom stereocenters. The lowest BCUT2D eigenvalue weighted by atomic mass is 10.1. The lowest BCUT2D eigenvalue weighted by Crippen LogP contribution is -2.49. The molecule has 1 saturated heterocycles. The van der Waals surface area contributed by atoms with Crippen molar-refractivity contribution < 1.29 is 9.53 Å². The summed E-state index contributed by atoms with van der Waals surface area (Å²) in [6, 6.07) is 17.6. The maximum atomic E-state index is 12.4. The van der Waals surface area contributed by atoms with Crippen LogP contribution >= 0.6 is 0 Å². The van der Waals surface area contributed by atoms with Gasteiger partial charge in [0.1, 0.15) is 11.8 Å². The number of benzene rings is 2. The van der Waals surface area contributed by atoms with Crippen molar-refractivity contribution >= 4 is 5.91 Å². The van der Waals surface area contributed by atoms with Gasteiger partial charge in [0.25, 0.3) is 5.91 Å². The van der Waals surface area contributed by atoms with E-state index in [-0.39, 0.29) is 12.5 Å². The molecule has 0 aliphatic carbocycles. The Bertz CT molecular complexity index is 805. The number of amides is 1. The quantitative estimate of drug-likeness (QED) is 0.833. The predicted octanol–water partition coefficient (Wildman–Crippen LogP) is 2.59. The molecule has 1 amide bonds. The highest BCUT2D eigenvalue weighted by Gasteiger charge is 2.21. The second-order valence-corrected chi connectivity index (χ2v) is 6.54. The summed E-state index contributed by atoms with van der Waals surface area (Å²) in [4.78, 5) is 16.6. The van der Waals surface area contributed by atoms with Crippen molar-refractivity contribution in [3.63, 3.8) is 0 Å². The molecule has 2 aromatic rings. The van der Waals surface area contributed by atoms with Crippen molar-refractivity contribution in [3.05, 3.63) is 65.2 Å². The first-order valence-corrected chi connectivity index (χ1v) is 8.83. The number of ether oxygens (including phenoxy) is 1. The zero-order chi connectivity index (χ0) is 18.4.